The molecule has 0 amide bonds. The fourth-order valence-corrected chi connectivity index (χ4v) is 1.74. The van der Waals surface area contributed by atoms with Gasteiger partial charge in [-0.1, -0.05) is 41.9 Å². The number of esters is 1. The van der Waals surface area contributed by atoms with Crippen LogP contribution in [0.3, 0.4) is 0 Å². The smallest absolute Gasteiger partial charge is 0.358 e. The molecule has 1 heterocycles. The number of hydrogen-bond acceptors (Lipinski definition) is 4. The number of carboxylic acid groups (broad SMARTS) is 1. The average molecular weight is 292 g/mol. The van der Waals surface area contributed by atoms with Crippen LogP contribution in [0.1, 0.15) is 26.4 Å². The Bertz CT molecular complexity index is 643. The first-order valence-electron chi connectivity index (χ1n) is 5.68. The van der Waals surface area contributed by atoms with Crippen LogP contribution in [0, 0.1) is 0 Å². The molecule has 1 aromatic heterocycles. The molecule has 2 rings (SSSR count). The molecule has 0 saturated heterocycles. The van der Waals surface area contributed by atoms with Gasteiger partial charge in [0, 0.05) is 6.20 Å². The van der Waals surface area contributed by atoms with Crippen LogP contribution in [0.25, 0.3) is 0 Å². The summed E-state index contributed by atoms with van der Waals surface area (Å²) in [7, 11) is 0. The molecule has 0 fully saturated rings. The van der Waals surface area contributed by atoms with E-state index in [1.807, 2.05) is 30.3 Å². The highest BCUT2D eigenvalue weighted by atomic mass is 35.5. The standard InChI is InChI=1S/C14H10ClNO4/c15-11-6-10(13(17)18)7-16-12(11)14(19)20-8-9-4-2-1-3-5-9/h1-7H,8H2,(H,17,18). The predicted molar refractivity (Wildman–Crippen MR) is 71.8 cm³/mol. The van der Waals surface area contributed by atoms with Crippen molar-refractivity contribution in [2.24, 2.45) is 0 Å². The van der Waals surface area contributed by atoms with Gasteiger partial charge in [-0.3, -0.25) is 0 Å². The van der Waals surface area contributed by atoms with Crippen molar-refractivity contribution in [1.29, 1.82) is 0 Å². The molecule has 0 saturated carbocycles. The summed E-state index contributed by atoms with van der Waals surface area (Å²) in [6.45, 7) is 0.0956. The normalized spacial score (nSPS) is 10.1. The van der Waals surface area contributed by atoms with Crippen LogP contribution in [-0.4, -0.2) is 22.0 Å². The molecule has 0 unspecified atom stereocenters. The van der Waals surface area contributed by atoms with Gasteiger partial charge >= 0.3 is 11.9 Å². The van der Waals surface area contributed by atoms with E-state index in [9.17, 15) is 9.59 Å². The van der Waals surface area contributed by atoms with Crippen molar-refractivity contribution in [2.75, 3.05) is 0 Å². The average Bonchev–Trinajstić information content (AvgIpc) is 2.45. The zero-order valence-corrected chi connectivity index (χ0v) is 11.0. The third-order valence-electron chi connectivity index (χ3n) is 2.49. The molecular weight excluding hydrogens is 282 g/mol. The molecule has 0 spiro atoms. The maximum absolute atomic E-state index is 11.8. The molecule has 0 bridgehead atoms. The Hall–Kier alpha value is -2.40. The van der Waals surface area contributed by atoms with Crippen LogP contribution in [0.2, 0.25) is 5.02 Å². The molecule has 2 aromatic rings. The predicted octanol–water partition coefficient (Wildman–Crippen LogP) is 2.79. The molecule has 0 aliphatic rings. The number of halogens is 1. The minimum atomic E-state index is -1.16. The SMILES string of the molecule is O=C(O)c1cnc(C(=O)OCc2ccccc2)c(Cl)c1. The van der Waals surface area contributed by atoms with Crippen molar-refractivity contribution < 1.29 is 19.4 Å². The van der Waals surface area contributed by atoms with E-state index in [1.54, 1.807) is 0 Å². The van der Waals surface area contributed by atoms with Crippen molar-refractivity contribution in [3.8, 4) is 0 Å². The van der Waals surface area contributed by atoms with Crippen molar-refractivity contribution in [1.82, 2.24) is 4.98 Å². The Morgan fingerprint density at radius 3 is 2.55 bits per heavy atom. The largest absolute Gasteiger partial charge is 0.478 e. The van der Waals surface area contributed by atoms with Gasteiger partial charge in [-0.05, 0) is 11.6 Å². The first-order valence-corrected chi connectivity index (χ1v) is 6.05. The van der Waals surface area contributed by atoms with E-state index in [2.05, 4.69) is 4.98 Å². The van der Waals surface area contributed by atoms with E-state index >= 15 is 0 Å². The molecule has 5 nitrogen and oxygen atoms in total. The number of hydrogen-bond donors (Lipinski definition) is 1. The number of carbonyl (C=O) groups is 2. The Morgan fingerprint density at radius 1 is 1.25 bits per heavy atom. The number of ether oxygens (including phenoxy) is 1. The molecule has 0 aliphatic carbocycles. The van der Waals surface area contributed by atoms with E-state index in [-0.39, 0.29) is 22.9 Å². The summed E-state index contributed by atoms with van der Waals surface area (Å²) >= 11 is 5.82. The van der Waals surface area contributed by atoms with E-state index in [4.69, 9.17) is 21.4 Å². The van der Waals surface area contributed by atoms with E-state index < -0.39 is 11.9 Å². The van der Waals surface area contributed by atoms with Crippen molar-refractivity contribution >= 4 is 23.5 Å². The molecule has 20 heavy (non-hydrogen) atoms. The molecule has 0 atom stereocenters. The Kier molecular flexibility index (Phi) is 4.32. The zero-order chi connectivity index (χ0) is 14.5. The number of rotatable bonds is 4. The van der Waals surface area contributed by atoms with Gasteiger partial charge in [-0.15, -0.1) is 0 Å². The summed E-state index contributed by atoms with van der Waals surface area (Å²) in [5.41, 5.74) is 0.640. The third-order valence-corrected chi connectivity index (χ3v) is 2.78. The third kappa shape index (κ3) is 3.33. The second-order valence-corrected chi connectivity index (χ2v) is 4.33. The molecular formula is C14H10ClNO4. The lowest BCUT2D eigenvalue weighted by Crippen LogP contribution is -2.09. The van der Waals surface area contributed by atoms with E-state index in [1.165, 1.54) is 0 Å². The number of benzene rings is 1. The highest BCUT2D eigenvalue weighted by Gasteiger charge is 2.16. The zero-order valence-electron chi connectivity index (χ0n) is 10.2. The molecule has 0 radical (unpaired) electrons. The summed E-state index contributed by atoms with van der Waals surface area (Å²) in [5, 5.41) is 8.72. The lowest BCUT2D eigenvalue weighted by Gasteiger charge is -2.06. The van der Waals surface area contributed by atoms with Crippen LogP contribution in [0.15, 0.2) is 42.6 Å². The van der Waals surface area contributed by atoms with Crippen LogP contribution < -0.4 is 0 Å². The van der Waals surface area contributed by atoms with Crippen LogP contribution in [0.4, 0.5) is 0 Å². The van der Waals surface area contributed by atoms with Crippen molar-refractivity contribution in [3.05, 3.63) is 64.4 Å². The molecule has 102 valence electrons. The quantitative estimate of drug-likeness (QED) is 0.877. The van der Waals surface area contributed by atoms with E-state index in [0.717, 1.165) is 17.8 Å². The van der Waals surface area contributed by atoms with Gasteiger partial charge in [0.2, 0.25) is 0 Å². The van der Waals surface area contributed by atoms with Gasteiger partial charge in [-0.25, -0.2) is 14.6 Å². The number of carboxylic acids is 1. The Balaban J connectivity index is 2.08. The number of aromatic nitrogens is 1. The number of nitrogens with zero attached hydrogens (tertiary/aromatic N) is 1. The Morgan fingerprint density at radius 2 is 1.95 bits per heavy atom. The van der Waals surface area contributed by atoms with Gasteiger partial charge in [0.15, 0.2) is 5.69 Å². The highest BCUT2D eigenvalue weighted by Crippen LogP contribution is 2.17. The van der Waals surface area contributed by atoms with Crippen LogP contribution in [-0.2, 0) is 11.3 Å². The maximum Gasteiger partial charge on any atom is 0.358 e. The van der Waals surface area contributed by atoms with Gasteiger partial charge in [0.25, 0.3) is 0 Å². The topological polar surface area (TPSA) is 76.5 Å². The summed E-state index contributed by atoms with van der Waals surface area (Å²) in [4.78, 5) is 26.3. The first kappa shape index (κ1) is 14.0. The summed E-state index contributed by atoms with van der Waals surface area (Å²) < 4.78 is 5.06. The second kappa shape index (κ2) is 6.16. The highest BCUT2D eigenvalue weighted by molar-refractivity contribution is 6.33. The van der Waals surface area contributed by atoms with Gasteiger partial charge < -0.3 is 9.84 Å². The Labute approximate surface area is 119 Å². The maximum atomic E-state index is 11.8. The second-order valence-electron chi connectivity index (χ2n) is 3.92. The van der Waals surface area contributed by atoms with Crippen LogP contribution in [0.5, 0.6) is 0 Å². The number of pyridine rings is 1. The van der Waals surface area contributed by atoms with Gasteiger partial charge in [0.05, 0.1) is 10.6 Å². The fraction of sp³-hybridized carbons (Fsp3) is 0.0714. The number of aromatic carboxylic acids is 1. The lowest BCUT2D eigenvalue weighted by molar-refractivity contribution is 0.0465. The molecule has 6 heteroatoms. The summed E-state index contributed by atoms with van der Waals surface area (Å²) in [6.07, 6.45) is 1.06. The summed E-state index contributed by atoms with van der Waals surface area (Å²) in [5.74, 6) is -1.86. The van der Waals surface area contributed by atoms with Gasteiger partial charge in [-0.2, -0.15) is 0 Å². The van der Waals surface area contributed by atoms with Crippen LogP contribution >= 0.6 is 11.6 Å². The molecule has 0 aliphatic heterocycles. The minimum Gasteiger partial charge on any atom is -0.478 e. The minimum absolute atomic E-state index is 0.0528. The van der Waals surface area contributed by atoms with Crippen molar-refractivity contribution in [3.63, 3.8) is 0 Å². The van der Waals surface area contributed by atoms with Crippen molar-refractivity contribution in [2.45, 2.75) is 6.61 Å². The summed E-state index contributed by atoms with van der Waals surface area (Å²) in [6, 6.07) is 10.3. The van der Waals surface area contributed by atoms with Gasteiger partial charge in [0.1, 0.15) is 6.61 Å². The monoisotopic (exact) mass is 291 g/mol. The first-order chi connectivity index (χ1) is 9.58. The van der Waals surface area contributed by atoms with E-state index in [0.29, 0.717) is 0 Å². The lowest BCUT2D eigenvalue weighted by atomic mass is 10.2. The fourth-order valence-electron chi connectivity index (χ4n) is 1.50. The molecule has 1 N–H and O–H groups in total. The number of carbonyl (C=O) groups excluding carboxylic acids is 1. The molecule has 1 aromatic carbocycles.